The van der Waals surface area contributed by atoms with Crippen molar-refractivity contribution in [2.24, 2.45) is 8.80 Å². The average Bonchev–Trinajstić information content (AvgIpc) is 2.92. The number of aryl methyl sites for hydroxylation is 2. The van der Waals surface area contributed by atoms with E-state index in [0.717, 1.165) is 47.9 Å². The van der Waals surface area contributed by atoms with E-state index in [1.54, 1.807) is 28.2 Å². The van der Waals surface area contributed by atoms with Gasteiger partial charge in [-0.1, -0.05) is 0 Å². The molecule has 0 fully saturated rings. The van der Waals surface area contributed by atoms with Gasteiger partial charge in [-0.3, -0.25) is 0 Å². The lowest BCUT2D eigenvalue weighted by Gasteiger charge is -2.24. The van der Waals surface area contributed by atoms with Crippen LogP contribution in [0.4, 0.5) is 0 Å². The predicted molar refractivity (Wildman–Crippen MR) is 157 cm³/mol. The molecule has 2 aliphatic rings. The Balaban J connectivity index is 1.71. The van der Waals surface area contributed by atoms with Crippen molar-refractivity contribution in [2.45, 2.75) is 74.4 Å². The number of nitrogens with zero attached hydrogens (tertiary/aromatic N) is 4. The zero-order valence-corrected chi connectivity index (χ0v) is 25.6. The minimum absolute atomic E-state index is 0.126. The molecule has 0 atom stereocenters. The van der Waals surface area contributed by atoms with Crippen LogP contribution in [0.2, 0.25) is 0 Å². The Morgan fingerprint density at radius 2 is 1.07 bits per heavy atom. The lowest BCUT2D eigenvalue weighted by atomic mass is 9.87. The van der Waals surface area contributed by atoms with Gasteiger partial charge in [0.15, 0.2) is 0 Å². The molecule has 13 heteroatoms. The molecule has 4 rings (SSSR count). The summed E-state index contributed by atoms with van der Waals surface area (Å²) in [6.07, 6.45) is 8.60. The van der Waals surface area contributed by atoms with Gasteiger partial charge in [-0.15, -0.1) is 8.80 Å². The fourth-order valence-corrected chi connectivity index (χ4v) is 7.46. The number of rotatable bonds is 10. The van der Waals surface area contributed by atoms with Gasteiger partial charge >= 0.3 is 0 Å². The molecule has 0 bridgehead atoms. The molecule has 0 saturated heterocycles. The highest BCUT2D eigenvalue weighted by Gasteiger charge is 2.29. The number of hydrogen-bond acceptors (Lipinski definition) is 7. The van der Waals surface area contributed by atoms with Gasteiger partial charge in [0.25, 0.3) is 20.0 Å². The van der Waals surface area contributed by atoms with Gasteiger partial charge in [0, 0.05) is 39.3 Å². The number of sulfonamides is 2. The molecule has 0 unspecified atom stereocenters. The van der Waals surface area contributed by atoms with E-state index < -0.39 is 31.5 Å². The quantitative estimate of drug-likeness (QED) is 0.307. The highest BCUT2D eigenvalue weighted by molar-refractivity contribution is 7.90. The van der Waals surface area contributed by atoms with Crippen molar-refractivity contribution in [3.63, 3.8) is 0 Å². The SMILES string of the molecule is CN(C)C=NS(=O)(=O)c1cc2c(c(COCc3c(O)c(S(=O)(=O)N=CN(C)C)cc4c3CCCC4)c1O)CCCC2. The minimum Gasteiger partial charge on any atom is -0.506 e. The van der Waals surface area contributed by atoms with E-state index in [1.165, 1.54) is 34.6 Å². The summed E-state index contributed by atoms with van der Waals surface area (Å²) in [6, 6.07) is 3.00. The Kier molecular flexibility index (Phi) is 9.29. The molecule has 0 aliphatic heterocycles. The molecule has 2 aromatic carbocycles. The lowest BCUT2D eigenvalue weighted by Crippen LogP contribution is -2.14. The Morgan fingerprint density at radius 1 is 0.707 bits per heavy atom. The second kappa shape index (κ2) is 12.4. The summed E-state index contributed by atoms with van der Waals surface area (Å²) in [6.45, 7) is -0.252. The molecular weight excluding hydrogens is 568 g/mol. The molecule has 0 heterocycles. The summed E-state index contributed by atoms with van der Waals surface area (Å²) in [5.74, 6) is -0.802. The van der Waals surface area contributed by atoms with E-state index in [9.17, 15) is 27.0 Å². The molecule has 0 amide bonds. The Hall–Kier alpha value is -3.16. The summed E-state index contributed by atoms with van der Waals surface area (Å²) in [4.78, 5) is 2.43. The first-order valence-corrected chi connectivity index (χ1v) is 16.4. The maximum atomic E-state index is 13.0. The van der Waals surface area contributed by atoms with Crippen LogP contribution in [0.5, 0.6) is 11.5 Å². The molecule has 224 valence electrons. The largest absolute Gasteiger partial charge is 0.506 e. The third-order valence-electron chi connectivity index (χ3n) is 7.28. The molecule has 0 saturated carbocycles. The summed E-state index contributed by atoms with van der Waals surface area (Å²) >= 11 is 0. The summed E-state index contributed by atoms with van der Waals surface area (Å²) in [5.41, 5.74) is 4.11. The first kappa shape index (κ1) is 30.8. The third-order valence-corrected chi connectivity index (χ3v) is 9.76. The summed E-state index contributed by atoms with van der Waals surface area (Å²) in [7, 11) is -1.76. The smallest absolute Gasteiger partial charge is 0.287 e. The van der Waals surface area contributed by atoms with E-state index in [1.807, 2.05) is 0 Å². The zero-order valence-electron chi connectivity index (χ0n) is 23.9. The van der Waals surface area contributed by atoms with Crippen molar-refractivity contribution in [3.05, 3.63) is 45.5 Å². The molecule has 0 radical (unpaired) electrons. The minimum atomic E-state index is -4.17. The van der Waals surface area contributed by atoms with Crippen molar-refractivity contribution >= 4 is 32.7 Å². The van der Waals surface area contributed by atoms with Crippen LogP contribution in [-0.4, -0.2) is 77.7 Å². The topological polar surface area (TPSA) is 149 Å². The molecule has 2 N–H and O–H groups in total. The van der Waals surface area contributed by atoms with Crippen LogP contribution < -0.4 is 0 Å². The van der Waals surface area contributed by atoms with Crippen LogP contribution in [0.15, 0.2) is 30.7 Å². The number of aromatic hydroxyl groups is 2. The normalized spacial score (nSPS) is 15.7. The van der Waals surface area contributed by atoms with Gasteiger partial charge in [0.2, 0.25) is 0 Å². The first-order chi connectivity index (χ1) is 19.3. The van der Waals surface area contributed by atoms with Crippen molar-refractivity contribution in [1.82, 2.24) is 9.80 Å². The number of hydrogen-bond donors (Lipinski definition) is 2. The van der Waals surface area contributed by atoms with Crippen molar-refractivity contribution in [3.8, 4) is 11.5 Å². The van der Waals surface area contributed by atoms with Crippen LogP contribution in [0.3, 0.4) is 0 Å². The van der Waals surface area contributed by atoms with Gasteiger partial charge < -0.3 is 24.7 Å². The number of benzene rings is 2. The molecule has 11 nitrogen and oxygen atoms in total. The van der Waals surface area contributed by atoms with Gasteiger partial charge in [-0.05, 0) is 85.8 Å². The van der Waals surface area contributed by atoms with Crippen molar-refractivity contribution < 1.29 is 31.8 Å². The maximum Gasteiger partial charge on any atom is 0.287 e. The Labute approximate surface area is 242 Å². The monoisotopic (exact) mass is 606 g/mol. The van der Waals surface area contributed by atoms with Crippen LogP contribution >= 0.6 is 0 Å². The number of phenols is 2. The van der Waals surface area contributed by atoms with Gasteiger partial charge in [0.1, 0.15) is 34.0 Å². The number of ether oxygens (including phenoxy) is 1. The Bertz CT molecular complexity index is 1460. The highest BCUT2D eigenvalue weighted by atomic mass is 32.2. The number of phenolic OH excluding ortho intramolecular Hbond substituents is 2. The van der Waals surface area contributed by atoms with E-state index in [4.69, 9.17) is 4.74 Å². The second-order valence-electron chi connectivity index (χ2n) is 10.9. The van der Waals surface area contributed by atoms with E-state index in [-0.39, 0.29) is 23.0 Å². The fourth-order valence-electron chi connectivity index (χ4n) is 5.29. The standard InChI is InChI=1S/C28H38N4O7S2/c1-31(2)17-29-40(35,36)25-13-19-9-5-7-11-21(19)23(27(25)33)15-39-16-24-22-12-8-6-10-20(22)14-26(28(24)34)41(37,38)30-18-32(3)4/h13-14,17-18,33-34H,5-12,15-16H2,1-4H3. The van der Waals surface area contributed by atoms with E-state index in [0.29, 0.717) is 36.8 Å². The summed E-state index contributed by atoms with van der Waals surface area (Å²) < 4.78 is 65.4. The summed E-state index contributed by atoms with van der Waals surface area (Å²) in [5, 5.41) is 22.3. The van der Waals surface area contributed by atoms with Crippen LogP contribution in [0.1, 0.15) is 59.1 Å². The van der Waals surface area contributed by atoms with Gasteiger partial charge in [-0.2, -0.15) is 16.8 Å². The van der Waals surface area contributed by atoms with Gasteiger partial charge in [0.05, 0.1) is 13.2 Å². The van der Waals surface area contributed by atoms with E-state index in [2.05, 4.69) is 8.80 Å². The zero-order chi connectivity index (χ0) is 29.9. The highest BCUT2D eigenvalue weighted by Crippen LogP contribution is 2.40. The van der Waals surface area contributed by atoms with Gasteiger partial charge in [-0.25, -0.2) is 0 Å². The van der Waals surface area contributed by atoms with Crippen LogP contribution in [0.25, 0.3) is 0 Å². The molecule has 2 aromatic rings. The Morgan fingerprint density at radius 3 is 1.44 bits per heavy atom. The molecular formula is C28H38N4O7S2. The van der Waals surface area contributed by atoms with Crippen molar-refractivity contribution in [2.75, 3.05) is 28.2 Å². The molecule has 2 aliphatic carbocycles. The van der Waals surface area contributed by atoms with Crippen LogP contribution in [0, 0.1) is 0 Å². The lowest BCUT2D eigenvalue weighted by molar-refractivity contribution is 0.102. The van der Waals surface area contributed by atoms with E-state index >= 15 is 0 Å². The average molecular weight is 607 g/mol. The molecule has 41 heavy (non-hydrogen) atoms. The predicted octanol–water partition coefficient (Wildman–Crippen LogP) is 3.13. The maximum absolute atomic E-state index is 13.0. The first-order valence-electron chi connectivity index (χ1n) is 13.6. The molecule has 0 spiro atoms. The van der Waals surface area contributed by atoms with Crippen LogP contribution in [-0.2, 0) is 63.7 Å². The number of fused-ring (bicyclic) bond motifs is 2. The second-order valence-corrected chi connectivity index (χ2v) is 14.1. The fraction of sp³-hybridized carbons (Fsp3) is 0.500. The van der Waals surface area contributed by atoms with Crippen molar-refractivity contribution in [1.29, 1.82) is 0 Å². The molecule has 0 aromatic heterocycles. The third kappa shape index (κ3) is 6.84.